The van der Waals surface area contributed by atoms with Gasteiger partial charge < -0.3 is 14.2 Å². The van der Waals surface area contributed by atoms with Crippen LogP contribution < -0.4 is 0 Å². The maximum atomic E-state index is 13.0. The van der Waals surface area contributed by atoms with Crippen molar-refractivity contribution >= 4 is 51.6 Å². The first-order chi connectivity index (χ1) is 17.0. The molecule has 3 amide bonds. The Balaban J connectivity index is 1.38. The van der Waals surface area contributed by atoms with Gasteiger partial charge in [0.2, 0.25) is 5.91 Å². The fraction of sp³-hybridized carbons (Fsp3) is 0.231. The molecule has 9 heteroatoms. The minimum absolute atomic E-state index is 0.000325. The Kier molecular flexibility index (Phi) is 6.52. The SMILES string of the molecule is O=C(CN1C(=O)S/C(=C\c2cn(CC(=O)N3CCOCC3)c3ccccc23)C1=O)c1ccccc1. The second kappa shape index (κ2) is 9.89. The Morgan fingerprint density at radius 3 is 2.43 bits per heavy atom. The van der Waals surface area contributed by atoms with E-state index in [0.717, 1.165) is 33.1 Å². The minimum Gasteiger partial charge on any atom is -0.378 e. The van der Waals surface area contributed by atoms with Crippen LogP contribution in [0, 0.1) is 0 Å². The Bertz CT molecular complexity index is 1340. The number of Topliss-reactive ketones (excluding diaryl/α,β-unsaturated/α-hetero) is 1. The van der Waals surface area contributed by atoms with Crippen molar-refractivity contribution in [3.8, 4) is 0 Å². The summed E-state index contributed by atoms with van der Waals surface area (Å²) in [7, 11) is 0. The van der Waals surface area contributed by atoms with Gasteiger partial charge in [-0.05, 0) is 23.9 Å². The molecule has 2 fully saturated rings. The molecule has 0 aliphatic carbocycles. The average molecular weight is 490 g/mol. The summed E-state index contributed by atoms with van der Waals surface area (Å²) in [5.74, 6) is -0.793. The van der Waals surface area contributed by atoms with Gasteiger partial charge in [-0.2, -0.15) is 0 Å². The number of fused-ring (bicyclic) bond motifs is 1. The van der Waals surface area contributed by atoms with E-state index in [1.807, 2.05) is 35.0 Å². The number of morpholine rings is 1. The predicted octanol–water partition coefficient (Wildman–Crippen LogP) is 3.42. The van der Waals surface area contributed by atoms with Gasteiger partial charge in [-0.3, -0.25) is 24.1 Å². The predicted molar refractivity (Wildman–Crippen MR) is 133 cm³/mol. The number of ketones is 1. The van der Waals surface area contributed by atoms with Crippen molar-refractivity contribution in [3.05, 3.63) is 76.8 Å². The van der Waals surface area contributed by atoms with Crippen molar-refractivity contribution in [1.29, 1.82) is 0 Å². The summed E-state index contributed by atoms with van der Waals surface area (Å²) in [6.07, 6.45) is 3.49. The van der Waals surface area contributed by atoms with E-state index in [0.29, 0.717) is 31.9 Å². The molecule has 0 saturated carbocycles. The quantitative estimate of drug-likeness (QED) is 0.389. The summed E-state index contributed by atoms with van der Waals surface area (Å²) in [4.78, 5) is 53.9. The van der Waals surface area contributed by atoms with Gasteiger partial charge in [0.05, 0.1) is 24.7 Å². The second-order valence-corrected chi connectivity index (χ2v) is 9.27. The molecule has 0 atom stereocenters. The molecule has 2 aliphatic rings. The molecule has 0 unspecified atom stereocenters. The third-order valence-corrected chi connectivity index (χ3v) is 6.95. The topological polar surface area (TPSA) is 88.9 Å². The van der Waals surface area contributed by atoms with Gasteiger partial charge in [0.25, 0.3) is 11.1 Å². The Morgan fingerprint density at radius 2 is 1.66 bits per heavy atom. The molecule has 2 aromatic carbocycles. The van der Waals surface area contributed by atoms with Crippen LogP contribution in [0.5, 0.6) is 0 Å². The zero-order valence-corrected chi connectivity index (χ0v) is 19.7. The van der Waals surface area contributed by atoms with Gasteiger partial charge in [-0.15, -0.1) is 0 Å². The number of imide groups is 1. The van der Waals surface area contributed by atoms with E-state index in [4.69, 9.17) is 4.74 Å². The molecule has 2 saturated heterocycles. The van der Waals surface area contributed by atoms with Crippen molar-refractivity contribution in [2.45, 2.75) is 6.54 Å². The van der Waals surface area contributed by atoms with Crippen molar-refractivity contribution < 1.29 is 23.9 Å². The Labute approximate surface area is 206 Å². The minimum atomic E-state index is -0.495. The van der Waals surface area contributed by atoms with E-state index >= 15 is 0 Å². The largest absolute Gasteiger partial charge is 0.378 e. The molecule has 0 spiro atoms. The summed E-state index contributed by atoms with van der Waals surface area (Å²) in [6, 6.07) is 16.2. The van der Waals surface area contributed by atoms with Crippen molar-refractivity contribution in [3.63, 3.8) is 0 Å². The number of aromatic nitrogens is 1. The fourth-order valence-corrected chi connectivity index (χ4v) is 5.05. The molecular weight excluding hydrogens is 466 g/mol. The fourth-order valence-electron chi connectivity index (χ4n) is 4.22. The number of para-hydroxylation sites is 1. The molecule has 0 N–H and O–H groups in total. The number of nitrogens with zero attached hydrogens (tertiary/aromatic N) is 3. The number of carbonyl (C=O) groups is 4. The van der Waals surface area contributed by atoms with Crippen LogP contribution in [-0.2, 0) is 20.9 Å². The van der Waals surface area contributed by atoms with Crippen LogP contribution in [0.15, 0.2) is 65.7 Å². The normalized spacial score (nSPS) is 17.5. The van der Waals surface area contributed by atoms with Crippen LogP contribution in [0.4, 0.5) is 4.79 Å². The van der Waals surface area contributed by atoms with E-state index in [-0.39, 0.29) is 29.7 Å². The highest BCUT2D eigenvalue weighted by atomic mass is 32.2. The van der Waals surface area contributed by atoms with Gasteiger partial charge in [0, 0.05) is 41.3 Å². The average Bonchev–Trinajstić information content (AvgIpc) is 3.36. The second-order valence-electron chi connectivity index (χ2n) is 8.28. The van der Waals surface area contributed by atoms with Crippen molar-refractivity contribution in [2.75, 3.05) is 32.8 Å². The maximum absolute atomic E-state index is 13.0. The number of thioether (sulfide) groups is 1. The highest BCUT2D eigenvalue weighted by molar-refractivity contribution is 8.18. The van der Waals surface area contributed by atoms with Crippen LogP contribution in [0.3, 0.4) is 0 Å². The zero-order valence-electron chi connectivity index (χ0n) is 18.9. The van der Waals surface area contributed by atoms with E-state index in [2.05, 4.69) is 0 Å². The van der Waals surface area contributed by atoms with Gasteiger partial charge in [-0.25, -0.2) is 0 Å². The highest BCUT2D eigenvalue weighted by Crippen LogP contribution is 2.34. The van der Waals surface area contributed by atoms with Gasteiger partial charge >= 0.3 is 0 Å². The van der Waals surface area contributed by atoms with E-state index < -0.39 is 11.1 Å². The number of ether oxygens (including phenoxy) is 1. The van der Waals surface area contributed by atoms with Crippen LogP contribution >= 0.6 is 11.8 Å². The summed E-state index contributed by atoms with van der Waals surface area (Å²) in [5.41, 5.74) is 2.04. The number of amides is 3. The lowest BCUT2D eigenvalue weighted by Gasteiger charge is -2.27. The Morgan fingerprint density at radius 1 is 0.943 bits per heavy atom. The molecule has 8 nitrogen and oxygen atoms in total. The molecule has 3 heterocycles. The first-order valence-electron chi connectivity index (χ1n) is 11.3. The van der Waals surface area contributed by atoms with Gasteiger partial charge in [0.1, 0.15) is 6.54 Å². The van der Waals surface area contributed by atoms with Crippen molar-refractivity contribution in [1.82, 2.24) is 14.4 Å². The number of hydrogen-bond donors (Lipinski definition) is 0. The molecule has 0 bridgehead atoms. The van der Waals surface area contributed by atoms with E-state index in [1.54, 1.807) is 41.3 Å². The molecular formula is C26H23N3O5S. The smallest absolute Gasteiger partial charge is 0.293 e. The Hall–Kier alpha value is -3.69. The molecule has 35 heavy (non-hydrogen) atoms. The van der Waals surface area contributed by atoms with E-state index in [9.17, 15) is 19.2 Å². The summed E-state index contributed by atoms with van der Waals surface area (Å²) >= 11 is 0.816. The first-order valence-corrected chi connectivity index (χ1v) is 12.1. The lowest BCUT2D eigenvalue weighted by atomic mass is 10.1. The molecule has 178 valence electrons. The lowest BCUT2D eigenvalue weighted by Crippen LogP contribution is -2.42. The van der Waals surface area contributed by atoms with Crippen LogP contribution in [0.2, 0.25) is 0 Å². The lowest BCUT2D eigenvalue weighted by molar-refractivity contribution is -0.135. The number of hydrogen-bond acceptors (Lipinski definition) is 6. The third kappa shape index (κ3) is 4.78. The third-order valence-electron chi connectivity index (χ3n) is 6.05. The van der Waals surface area contributed by atoms with Crippen LogP contribution in [0.1, 0.15) is 15.9 Å². The summed E-state index contributed by atoms with van der Waals surface area (Å²) < 4.78 is 7.19. The zero-order chi connectivity index (χ0) is 24.4. The number of benzene rings is 2. The monoisotopic (exact) mass is 489 g/mol. The molecule has 5 rings (SSSR count). The molecule has 3 aromatic rings. The summed E-state index contributed by atoms with van der Waals surface area (Å²) in [5, 5.41) is 0.395. The van der Waals surface area contributed by atoms with Crippen LogP contribution in [-0.4, -0.2) is 70.1 Å². The molecule has 2 aliphatic heterocycles. The standard InChI is InChI=1S/C26H23N3O5S/c30-22(18-6-2-1-3-7-18)16-29-25(32)23(35-26(29)33)14-19-15-28(21-9-5-4-8-20(19)21)17-24(31)27-10-12-34-13-11-27/h1-9,14-15H,10-13,16-17H2/b23-14-. The highest BCUT2D eigenvalue weighted by Gasteiger charge is 2.36. The number of carbonyl (C=O) groups excluding carboxylic acids is 4. The van der Waals surface area contributed by atoms with Gasteiger partial charge in [-0.1, -0.05) is 48.5 Å². The number of rotatable bonds is 6. The summed E-state index contributed by atoms with van der Waals surface area (Å²) in [6.45, 7) is 2.07. The molecule has 1 aromatic heterocycles. The van der Waals surface area contributed by atoms with E-state index in [1.165, 1.54) is 0 Å². The molecule has 0 radical (unpaired) electrons. The maximum Gasteiger partial charge on any atom is 0.293 e. The van der Waals surface area contributed by atoms with Gasteiger partial charge in [0.15, 0.2) is 5.78 Å². The first kappa shape index (κ1) is 23.1. The van der Waals surface area contributed by atoms with Crippen molar-refractivity contribution in [2.24, 2.45) is 0 Å². The van der Waals surface area contributed by atoms with Crippen LogP contribution in [0.25, 0.3) is 17.0 Å².